The van der Waals surface area contributed by atoms with Crippen molar-refractivity contribution in [3.63, 3.8) is 0 Å². The Bertz CT molecular complexity index is 439. The lowest BCUT2D eigenvalue weighted by atomic mass is 9.84. The number of rotatable bonds is 4. The zero-order valence-electron chi connectivity index (χ0n) is 12.3. The molecule has 1 nitrogen and oxygen atoms in total. The first kappa shape index (κ1) is 14.2. The summed E-state index contributed by atoms with van der Waals surface area (Å²) in [7, 11) is 0.383. The number of Topliss-reactive ketones (excluding diaryl/α,β-unsaturated/α-hetero) is 1. The van der Waals surface area contributed by atoms with Crippen LogP contribution in [0.2, 0.25) is 0 Å². The smallest absolute Gasteiger partial charge is 0.211 e. The number of ketones is 1. The molecule has 108 valence electrons. The lowest BCUT2D eigenvalue weighted by molar-refractivity contribution is 0.102. The molecule has 1 aliphatic carbocycles. The van der Waals surface area contributed by atoms with Gasteiger partial charge in [-0.25, -0.2) is 0 Å². The minimum Gasteiger partial charge on any atom is -0.289 e. The van der Waals surface area contributed by atoms with Crippen LogP contribution in [0.5, 0.6) is 0 Å². The Labute approximate surface area is 125 Å². The molecular weight excluding hydrogens is 264 g/mol. The van der Waals surface area contributed by atoms with E-state index in [1.165, 1.54) is 62.0 Å². The summed E-state index contributed by atoms with van der Waals surface area (Å²) in [6.07, 6.45) is 9.46. The lowest BCUT2D eigenvalue weighted by Crippen LogP contribution is -2.18. The molecule has 0 aromatic heterocycles. The van der Waals surface area contributed by atoms with Gasteiger partial charge in [0.2, 0.25) is 5.78 Å². The number of hydrogen-bond donors (Lipinski definition) is 0. The van der Waals surface area contributed by atoms with Crippen LogP contribution < -0.4 is 0 Å². The highest BCUT2D eigenvalue weighted by molar-refractivity contribution is 7.97. The molecule has 0 radical (unpaired) electrons. The molecule has 20 heavy (non-hydrogen) atoms. The molecule has 0 bridgehead atoms. The van der Waals surface area contributed by atoms with Gasteiger partial charge in [0.15, 0.2) is 5.75 Å². The summed E-state index contributed by atoms with van der Waals surface area (Å²) in [4.78, 5) is 12.3. The molecular formula is C18H25OS+. The van der Waals surface area contributed by atoms with E-state index in [1.54, 1.807) is 0 Å². The SMILES string of the molecule is O=C(C[S+]1CCCC1)c1ccc(C2CCCCC2)cc1. The van der Waals surface area contributed by atoms with Crippen LogP contribution in [0.4, 0.5) is 0 Å². The Balaban J connectivity index is 1.61. The van der Waals surface area contributed by atoms with Gasteiger partial charge in [0.05, 0.1) is 0 Å². The number of benzene rings is 1. The zero-order chi connectivity index (χ0) is 13.8. The minimum atomic E-state index is 0.366. The van der Waals surface area contributed by atoms with E-state index in [-0.39, 0.29) is 0 Å². The summed E-state index contributed by atoms with van der Waals surface area (Å²) in [5.41, 5.74) is 2.38. The van der Waals surface area contributed by atoms with Crippen LogP contribution in [0, 0.1) is 0 Å². The first-order valence-corrected chi connectivity index (χ1v) is 9.83. The van der Waals surface area contributed by atoms with Gasteiger partial charge >= 0.3 is 0 Å². The molecule has 1 aliphatic heterocycles. The molecule has 0 amide bonds. The third-order valence-electron chi connectivity index (χ3n) is 4.76. The van der Waals surface area contributed by atoms with E-state index in [2.05, 4.69) is 24.3 Å². The van der Waals surface area contributed by atoms with Crippen LogP contribution in [0.1, 0.15) is 66.8 Å². The van der Waals surface area contributed by atoms with E-state index in [0.717, 1.165) is 17.2 Å². The highest BCUT2D eigenvalue weighted by Gasteiger charge is 2.27. The summed E-state index contributed by atoms with van der Waals surface area (Å²) in [6.45, 7) is 0. The Morgan fingerprint density at radius 3 is 2.25 bits per heavy atom. The summed E-state index contributed by atoms with van der Waals surface area (Å²) in [6, 6.07) is 8.57. The largest absolute Gasteiger partial charge is 0.289 e. The van der Waals surface area contributed by atoms with Crippen LogP contribution in [-0.2, 0) is 10.9 Å². The normalized spacial score (nSPS) is 21.2. The molecule has 2 heteroatoms. The Morgan fingerprint density at radius 1 is 0.950 bits per heavy atom. The van der Waals surface area contributed by atoms with Crippen molar-refractivity contribution in [3.8, 4) is 0 Å². The van der Waals surface area contributed by atoms with Crippen molar-refractivity contribution in [3.05, 3.63) is 35.4 Å². The predicted octanol–water partition coefficient (Wildman–Crippen LogP) is 4.33. The highest BCUT2D eigenvalue weighted by atomic mass is 32.2. The van der Waals surface area contributed by atoms with Crippen molar-refractivity contribution in [1.82, 2.24) is 0 Å². The van der Waals surface area contributed by atoms with E-state index in [4.69, 9.17) is 0 Å². The van der Waals surface area contributed by atoms with Gasteiger partial charge in [-0.05, 0) is 48.1 Å². The van der Waals surface area contributed by atoms with Crippen LogP contribution >= 0.6 is 0 Å². The summed E-state index contributed by atoms with van der Waals surface area (Å²) < 4.78 is 0. The van der Waals surface area contributed by atoms with E-state index < -0.39 is 0 Å². The van der Waals surface area contributed by atoms with Crippen LogP contribution in [-0.4, -0.2) is 23.0 Å². The van der Waals surface area contributed by atoms with Crippen molar-refractivity contribution in [2.45, 2.75) is 50.9 Å². The quantitative estimate of drug-likeness (QED) is 0.595. The van der Waals surface area contributed by atoms with Gasteiger partial charge in [0, 0.05) is 5.56 Å². The van der Waals surface area contributed by atoms with Gasteiger partial charge < -0.3 is 0 Å². The Kier molecular flexibility index (Phi) is 4.82. The second-order valence-electron chi connectivity index (χ2n) is 6.25. The average Bonchev–Trinajstić information content (AvgIpc) is 3.01. The van der Waals surface area contributed by atoms with Crippen molar-refractivity contribution in [2.75, 3.05) is 17.3 Å². The second kappa shape index (κ2) is 6.80. The number of hydrogen-bond acceptors (Lipinski definition) is 1. The van der Waals surface area contributed by atoms with E-state index in [9.17, 15) is 4.79 Å². The van der Waals surface area contributed by atoms with Crippen LogP contribution in [0.15, 0.2) is 24.3 Å². The predicted molar refractivity (Wildman–Crippen MR) is 87.8 cm³/mol. The van der Waals surface area contributed by atoms with E-state index in [0.29, 0.717) is 16.7 Å². The van der Waals surface area contributed by atoms with Crippen molar-refractivity contribution in [2.24, 2.45) is 0 Å². The molecule has 3 rings (SSSR count). The average molecular weight is 289 g/mol. The van der Waals surface area contributed by atoms with Crippen molar-refractivity contribution >= 4 is 16.7 Å². The van der Waals surface area contributed by atoms with Gasteiger partial charge in [0.1, 0.15) is 11.5 Å². The Hall–Kier alpha value is -0.760. The fraction of sp³-hybridized carbons (Fsp3) is 0.611. The molecule has 0 spiro atoms. The van der Waals surface area contributed by atoms with Gasteiger partial charge in [-0.1, -0.05) is 43.5 Å². The topological polar surface area (TPSA) is 17.1 Å². The molecule has 0 N–H and O–H groups in total. The maximum absolute atomic E-state index is 12.3. The zero-order valence-corrected chi connectivity index (χ0v) is 13.1. The monoisotopic (exact) mass is 289 g/mol. The third-order valence-corrected chi connectivity index (χ3v) is 7.16. The molecule has 1 saturated carbocycles. The molecule has 0 atom stereocenters. The van der Waals surface area contributed by atoms with Gasteiger partial charge in [-0.2, -0.15) is 0 Å². The van der Waals surface area contributed by atoms with E-state index in [1.807, 2.05) is 0 Å². The molecule has 1 aromatic rings. The third kappa shape index (κ3) is 3.46. The number of carbonyl (C=O) groups is 1. The molecule has 2 fully saturated rings. The molecule has 0 unspecified atom stereocenters. The van der Waals surface area contributed by atoms with Crippen molar-refractivity contribution < 1.29 is 4.79 Å². The van der Waals surface area contributed by atoms with Gasteiger partial charge in [0.25, 0.3) is 0 Å². The molecule has 1 heterocycles. The van der Waals surface area contributed by atoms with Gasteiger partial charge in [-0.3, -0.25) is 4.79 Å². The van der Waals surface area contributed by atoms with Crippen LogP contribution in [0.25, 0.3) is 0 Å². The summed E-state index contributed by atoms with van der Waals surface area (Å²) in [5.74, 6) is 4.47. The van der Waals surface area contributed by atoms with E-state index >= 15 is 0 Å². The number of carbonyl (C=O) groups excluding carboxylic acids is 1. The lowest BCUT2D eigenvalue weighted by Gasteiger charge is -2.21. The standard InChI is InChI=1S/C18H25OS/c19-18(14-20-12-4-5-13-20)17-10-8-16(9-11-17)15-6-2-1-3-7-15/h8-11,15H,1-7,12-14H2/q+1. The summed E-state index contributed by atoms with van der Waals surface area (Å²) >= 11 is 0. The van der Waals surface area contributed by atoms with Crippen molar-refractivity contribution in [1.29, 1.82) is 0 Å². The first-order valence-electron chi connectivity index (χ1n) is 8.10. The van der Waals surface area contributed by atoms with Crippen LogP contribution in [0.3, 0.4) is 0 Å². The molecule has 1 aromatic carbocycles. The maximum Gasteiger partial charge on any atom is 0.211 e. The molecule has 2 aliphatic rings. The Morgan fingerprint density at radius 2 is 1.60 bits per heavy atom. The minimum absolute atomic E-state index is 0.366. The second-order valence-corrected chi connectivity index (χ2v) is 8.58. The first-order chi connectivity index (χ1) is 9.83. The highest BCUT2D eigenvalue weighted by Crippen LogP contribution is 2.32. The fourth-order valence-corrected chi connectivity index (χ4v) is 5.76. The fourth-order valence-electron chi connectivity index (χ4n) is 3.50. The summed E-state index contributed by atoms with van der Waals surface area (Å²) in [5, 5.41) is 0. The maximum atomic E-state index is 12.3. The van der Waals surface area contributed by atoms with Gasteiger partial charge in [-0.15, -0.1) is 0 Å². The molecule has 1 saturated heterocycles.